The van der Waals surface area contributed by atoms with Crippen LogP contribution in [0.25, 0.3) is 22.4 Å². The van der Waals surface area contributed by atoms with Gasteiger partial charge in [-0.3, -0.25) is 4.98 Å². The van der Waals surface area contributed by atoms with Crippen molar-refractivity contribution in [3.8, 4) is 28.1 Å². The van der Waals surface area contributed by atoms with Crippen molar-refractivity contribution in [1.82, 2.24) is 4.98 Å². The molecule has 0 saturated carbocycles. The fourth-order valence-electron chi connectivity index (χ4n) is 3.74. The van der Waals surface area contributed by atoms with Crippen LogP contribution in [0, 0.1) is 0 Å². The summed E-state index contributed by atoms with van der Waals surface area (Å²) < 4.78 is 6.50. The number of hydrogen-bond donors (Lipinski definition) is 0. The molecule has 132 valence electrons. The van der Waals surface area contributed by atoms with Crippen LogP contribution in [0.2, 0.25) is 13.1 Å². The molecule has 3 aromatic rings. The maximum Gasteiger partial charge on any atom is 0.278 e. The summed E-state index contributed by atoms with van der Waals surface area (Å²) in [4.78, 5) is 4.81. The van der Waals surface area contributed by atoms with E-state index in [0.717, 1.165) is 11.4 Å². The molecule has 2 heterocycles. The molecule has 0 amide bonds. The molecule has 2 aromatic carbocycles. The van der Waals surface area contributed by atoms with E-state index in [-0.39, 0.29) is 5.41 Å². The van der Waals surface area contributed by atoms with E-state index in [9.17, 15) is 0 Å². The van der Waals surface area contributed by atoms with Crippen molar-refractivity contribution in [1.29, 1.82) is 0 Å². The molecule has 0 spiro atoms. The van der Waals surface area contributed by atoms with Crippen LogP contribution in [0.5, 0.6) is 5.75 Å². The molecule has 0 radical (unpaired) electrons. The van der Waals surface area contributed by atoms with Gasteiger partial charge in [-0.15, -0.1) is 0 Å². The lowest BCUT2D eigenvalue weighted by Crippen LogP contribution is -2.51. The first-order chi connectivity index (χ1) is 12.3. The number of benzene rings is 2. The smallest absolute Gasteiger partial charge is 0.278 e. The molecular formula is C23H25NOSi. The molecule has 0 bridgehead atoms. The summed E-state index contributed by atoms with van der Waals surface area (Å²) in [5, 5.41) is 1.34. The van der Waals surface area contributed by atoms with E-state index in [4.69, 9.17) is 9.41 Å². The minimum absolute atomic E-state index is 0.109. The minimum atomic E-state index is -2.08. The summed E-state index contributed by atoms with van der Waals surface area (Å²) >= 11 is 0. The Balaban J connectivity index is 1.91. The summed E-state index contributed by atoms with van der Waals surface area (Å²) in [7, 11) is -2.08. The van der Waals surface area contributed by atoms with Gasteiger partial charge in [0.1, 0.15) is 5.75 Å². The SMILES string of the molecule is CC(C)(C)c1ccc(-c2cccc3c2[Si](C)(C)Oc2ccccc2-3)nc1. The monoisotopic (exact) mass is 359 g/mol. The Bertz CT molecular complexity index is 968. The molecule has 0 fully saturated rings. The van der Waals surface area contributed by atoms with Crippen LogP contribution in [0.1, 0.15) is 26.3 Å². The van der Waals surface area contributed by atoms with E-state index >= 15 is 0 Å². The quantitative estimate of drug-likeness (QED) is 0.534. The van der Waals surface area contributed by atoms with Gasteiger partial charge in [-0.05, 0) is 47.0 Å². The molecule has 0 unspecified atom stereocenters. The fourth-order valence-corrected chi connectivity index (χ4v) is 6.30. The molecule has 0 N–H and O–H groups in total. The standard InChI is InChI=1S/C23H25NOSi/c1-23(2,3)16-13-14-20(24-15-16)19-11-8-10-18-17-9-6-7-12-21(17)25-26(4,5)22(18)19/h6-15H,1-5H3. The van der Waals surface area contributed by atoms with Gasteiger partial charge in [-0.1, -0.05) is 63.2 Å². The van der Waals surface area contributed by atoms with Crippen molar-refractivity contribution in [2.45, 2.75) is 39.3 Å². The average molecular weight is 360 g/mol. The largest absolute Gasteiger partial charge is 0.539 e. The zero-order chi connectivity index (χ0) is 18.5. The summed E-state index contributed by atoms with van der Waals surface area (Å²) in [6, 6.07) is 19.3. The molecule has 0 atom stereocenters. The van der Waals surface area contributed by atoms with E-state index in [1.165, 1.54) is 27.4 Å². The second-order valence-electron chi connectivity index (χ2n) is 8.52. The van der Waals surface area contributed by atoms with E-state index in [1.54, 1.807) is 0 Å². The van der Waals surface area contributed by atoms with Crippen LogP contribution in [-0.4, -0.2) is 13.3 Å². The van der Waals surface area contributed by atoms with Crippen LogP contribution in [0.15, 0.2) is 60.8 Å². The Morgan fingerprint density at radius 1 is 0.808 bits per heavy atom. The Morgan fingerprint density at radius 3 is 2.19 bits per heavy atom. The van der Waals surface area contributed by atoms with E-state index in [2.05, 4.69) is 82.4 Å². The maximum absolute atomic E-state index is 6.50. The number of hydrogen-bond acceptors (Lipinski definition) is 2. The fraction of sp³-hybridized carbons (Fsp3) is 0.261. The van der Waals surface area contributed by atoms with Crippen molar-refractivity contribution in [2.24, 2.45) is 0 Å². The van der Waals surface area contributed by atoms with Crippen molar-refractivity contribution < 1.29 is 4.43 Å². The summed E-state index contributed by atoms with van der Waals surface area (Å²) in [6.07, 6.45) is 2.01. The van der Waals surface area contributed by atoms with Crippen molar-refractivity contribution in [3.63, 3.8) is 0 Å². The normalized spacial score (nSPS) is 15.0. The third-order valence-electron chi connectivity index (χ3n) is 5.11. The zero-order valence-corrected chi connectivity index (χ0v) is 17.1. The molecule has 1 aromatic heterocycles. The van der Waals surface area contributed by atoms with E-state index in [0.29, 0.717) is 0 Å². The van der Waals surface area contributed by atoms with Crippen LogP contribution in [0.4, 0.5) is 0 Å². The van der Waals surface area contributed by atoms with E-state index in [1.807, 2.05) is 12.3 Å². The third-order valence-corrected chi connectivity index (χ3v) is 7.59. The Morgan fingerprint density at radius 2 is 1.50 bits per heavy atom. The minimum Gasteiger partial charge on any atom is -0.539 e. The third kappa shape index (κ3) is 2.76. The summed E-state index contributed by atoms with van der Waals surface area (Å²) in [5.74, 6) is 1.00. The van der Waals surface area contributed by atoms with Crippen molar-refractivity contribution in [2.75, 3.05) is 0 Å². The lowest BCUT2D eigenvalue weighted by molar-refractivity contribution is 0.563. The predicted octanol–water partition coefficient (Wildman–Crippen LogP) is 5.52. The highest BCUT2D eigenvalue weighted by Gasteiger charge is 2.38. The average Bonchev–Trinajstić information content (AvgIpc) is 2.60. The zero-order valence-electron chi connectivity index (χ0n) is 16.1. The molecule has 26 heavy (non-hydrogen) atoms. The number of aromatic nitrogens is 1. The second kappa shape index (κ2) is 5.81. The number of fused-ring (bicyclic) bond motifs is 3. The first-order valence-electron chi connectivity index (χ1n) is 9.16. The number of pyridine rings is 1. The molecule has 0 aliphatic carbocycles. The lowest BCUT2D eigenvalue weighted by atomic mass is 9.88. The number of nitrogens with zero attached hydrogens (tertiary/aromatic N) is 1. The molecule has 4 rings (SSSR count). The highest BCUT2D eigenvalue weighted by molar-refractivity contribution is 6.87. The topological polar surface area (TPSA) is 22.1 Å². The molecule has 1 aliphatic rings. The molecule has 2 nitrogen and oxygen atoms in total. The highest BCUT2D eigenvalue weighted by atomic mass is 28.4. The van der Waals surface area contributed by atoms with Crippen LogP contribution >= 0.6 is 0 Å². The van der Waals surface area contributed by atoms with Crippen LogP contribution < -0.4 is 9.61 Å². The van der Waals surface area contributed by atoms with Gasteiger partial charge < -0.3 is 4.43 Å². The maximum atomic E-state index is 6.50. The highest BCUT2D eigenvalue weighted by Crippen LogP contribution is 2.38. The van der Waals surface area contributed by atoms with Gasteiger partial charge in [-0.25, -0.2) is 0 Å². The summed E-state index contributed by atoms with van der Waals surface area (Å²) in [6.45, 7) is 11.2. The van der Waals surface area contributed by atoms with Gasteiger partial charge in [0.15, 0.2) is 0 Å². The Kier molecular flexibility index (Phi) is 3.81. The van der Waals surface area contributed by atoms with Gasteiger partial charge in [0.2, 0.25) is 0 Å². The van der Waals surface area contributed by atoms with Gasteiger partial charge in [0.25, 0.3) is 8.32 Å². The molecule has 3 heteroatoms. The van der Waals surface area contributed by atoms with Gasteiger partial charge >= 0.3 is 0 Å². The second-order valence-corrected chi connectivity index (χ2v) is 12.2. The lowest BCUT2D eigenvalue weighted by Gasteiger charge is -2.34. The Hall–Kier alpha value is -2.39. The molecule has 0 saturated heterocycles. The molecule has 1 aliphatic heterocycles. The van der Waals surface area contributed by atoms with E-state index < -0.39 is 8.32 Å². The van der Waals surface area contributed by atoms with Gasteiger partial charge in [0, 0.05) is 17.3 Å². The first kappa shape index (κ1) is 17.0. The van der Waals surface area contributed by atoms with Crippen molar-refractivity contribution >= 4 is 13.5 Å². The Labute approximate surface area is 157 Å². The van der Waals surface area contributed by atoms with Crippen LogP contribution in [0.3, 0.4) is 0 Å². The number of rotatable bonds is 1. The summed E-state index contributed by atoms with van der Waals surface area (Å²) in [5.41, 5.74) is 6.07. The van der Waals surface area contributed by atoms with Gasteiger partial charge in [-0.2, -0.15) is 0 Å². The van der Waals surface area contributed by atoms with Crippen LogP contribution in [-0.2, 0) is 5.41 Å². The van der Waals surface area contributed by atoms with Gasteiger partial charge in [0.05, 0.1) is 5.69 Å². The van der Waals surface area contributed by atoms with Crippen molar-refractivity contribution in [3.05, 3.63) is 66.4 Å². The first-order valence-corrected chi connectivity index (χ1v) is 12.1. The number of para-hydroxylation sites is 1. The predicted molar refractivity (Wildman–Crippen MR) is 112 cm³/mol. The molecular weight excluding hydrogens is 334 g/mol.